The van der Waals surface area contributed by atoms with E-state index in [1.165, 1.54) is 23.5 Å². The van der Waals surface area contributed by atoms with Crippen LogP contribution in [0.15, 0.2) is 41.7 Å². The van der Waals surface area contributed by atoms with E-state index in [0.717, 1.165) is 53.5 Å². The molecule has 4 rings (SSSR count). The predicted molar refractivity (Wildman–Crippen MR) is 128 cm³/mol. The van der Waals surface area contributed by atoms with Crippen LogP contribution < -0.4 is 0 Å². The molecular weight excluding hydrogens is 423 g/mol. The summed E-state index contributed by atoms with van der Waals surface area (Å²) in [5, 5.41) is 7.48. The molecule has 1 amide bonds. The number of carbonyl (C=O) groups excluding carboxylic acids is 1. The van der Waals surface area contributed by atoms with Gasteiger partial charge in [0.25, 0.3) is 0 Å². The van der Waals surface area contributed by atoms with Crippen molar-refractivity contribution in [3.8, 4) is 10.6 Å². The van der Waals surface area contributed by atoms with Gasteiger partial charge >= 0.3 is 0 Å². The number of halogens is 1. The van der Waals surface area contributed by atoms with Crippen molar-refractivity contribution in [1.29, 1.82) is 0 Å². The molecule has 0 N–H and O–H groups in total. The maximum Gasteiger partial charge on any atom is 0.228 e. The molecule has 1 aliphatic heterocycles. The van der Waals surface area contributed by atoms with Gasteiger partial charge in [-0.3, -0.25) is 9.48 Å². The molecule has 0 saturated carbocycles. The van der Waals surface area contributed by atoms with Gasteiger partial charge in [-0.25, -0.2) is 9.37 Å². The third-order valence-electron chi connectivity index (χ3n) is 6.02. The molecule has 5 nitrogen and oxygen atoms in total. The fraction of sp³-hybridized carbons (Fsp3) is 0.480. The molecule has 1 saturated heterocycles. The minimum absolute atomic E-state index is 0.150. The maximum absolute atomic E-state index is 13.8. The van der Waals surface area contributed by atoms with E-state index < -0.39 is 0 Å². The van der Waals surface area contributed by atoms with Crippen molar-refractivity contribution in [2.45, 2.75) is 58.9 Å². The van der Waals surface area contributed by atoms with Crippen molar-refractivity contribution < 1.29 is 9.18 Å². The quantitative estimate of drug-likeness (QED) is 0.590. The number of nitrogens with zero attached hydrogens (tertiary/aromatic N) is 4. The number of hydrogen-bond acceptors (Lipinski definition) is 4. The number of carbonyl (C=O) groups is 1. The van der Waals surface area contributed by atoms with Gasteiger partial charge in [-0.05, 0) is 63.7 Å². The Bertz CT molecular complexity index is 1080. The van der Waals surface area contributed by atoms with E-state index >= 15 is 0 Å². The van der Waals surface area contributed by atoms with Crippen molar-refractivity contribution in [2.75, 3.05) is 13.1 Å². The van der Waals surface area contributed by atoms with Crippen molar-refractivity contribution in [3.05, 3.63) is 53.1 Å². The molecule has 2 aromatic heterocycles. The zero-order valence-electron chi connectivity index (χ0n) is 19.3. The van der Waals surface area contributed by atoms with E-state index in [0.29, 0.717) is 18.8 Å². The summed E-state index contributed by atoms with van der Waals surface area (Å²) in [6.07, 6.45) is 11.6. The highest BCUT2D eigenvalue weighted by molar-refractivity contribution is 7.13. The van der Waals surface area contributed by atoms with Crippen LogP contribution in [-0.2, 0) is 16.8 Å². The van der Waals surface area contributed by atoms with Crippen LogP contribution in [0.3, 0.4) is 0 Å². The summed E-state index contributed by atoms with van der Waals surface area (Å²) in [5.74, 6) is 0.585. The summed E-state index contributed by atoms with van der Waals surface area (Å²) >= 11 is 1.53. The van der Waals surface area contributed by atoms with Gasteiger partial charge in [0.05, 0.1) is 35.1 Å². The fourth-order valence-corrected chi connectivity index (χ4v) is 4.97. The number of piperidine rings is 1. The molecule has 2 aliphatic rings. The Morgan fingerprint density at radius 1 is 1.25 bits per heavy atom. The van der Waals surface area contributed by atoms with Crippen LogP contribution in [0.2, 0.25) is 0 Å². The minimum Gasteiger partial charge on any atom is -0.342 e. The largest absolute Gasteiger partial charge is 0.342 e. The summed E-state index contributed by atoms with van der Waals surface area (Å²) in [7, 11) is 0. The van der Waals surface area contributed by atoms with E-state index in [-0.39, 0.29) is 17.3 Å². The number of allylic oxidation sites excluding steroid dienone is 6. The van der Waals surface area contributed by atoms with Crippen LogP contribution in [0, 0.1) is 5.92 Å². The van der Waals surface area contributed by atoms with Gasteiger partial charge < -0.3 is 4.90 Å². The first-order chi connectivity index (χ1) is 15.2. The lowest BCUT2D eigenvalue weighted by molar-refractivity contribution is -0.131. The van der Waals surface area contributed by atoms with Crippen LogP contribution in [-0.4, -0.2) is 38.7 Å². The SMILES string of the molecule is CC1CCN(C(=O)Cc2csc(-c3cnn(C(C)(C)C)c3C3=CC=C(F)C=CC3)n2)CC1. The first kappa shape index (κ1) is 22.6. The number of likely N-dealkylation sites (tertiary alicyclic amines) is 1. The molecule has 170 valence electrons. The molecule has 1 aliphatic carbocycles. The molecule has 0 radical (unpaired) electrons. The third-order valence-corrected chi connectivity index (χ3v) is 6.94. The Labute approximate surface area is 193 Å². The van der Waals surface area contributed by atoms with Crippen LogP contribution in [0.25, 0.3) is 16.1 Å². The Hall–Kier alpha value is -2.54. The monoisotopic (exact) mass is 454 g/mol. The van der Waals surface area contributed by atoms with Gasteiger partial charge in [-0.1, -0.05) is 19.1 Å². The Morgan fingerprint density at radius 2 is 2.00 bits per heavy atom. The second-order valence-electron chi connectivity index (χ2n) is 9.72. The normalized spacial score (nSPS) is 17.8. The van der Waals surface area contributed by atoms with E-state index in [2.05, 4.69) is 32.8 Å². The molecule has 0 unspecified atom stereocenters. The molecule has 3 heterocycles. The predicted octanol–water partition coefficient (Wildman–Crippen LogP) is 5.76. The summed E-state index contributed by atoms with van der Waals surface area (Å²) < 4.78 is 15.8. The molecule has 0 spiro atoms. The average Bonchev–Trinajstić information content (AvgIpc) is 3.32. The van der Waals surface area contributed by atoms with Gasteiger partial charge in [0.15, 0.2) is 0 Å². The number of thiazole rings is 1. The second-order valence-corrected chi connectivity index (χ2v) is 10.6. The smallest absolute Gasteiger partial charge is 0.228 e. The summed E-state index contributed by atoms with van der Waals surface area (Å²) in [6, 6.07) is 0. The van der Waals surface area contributed by atoms with Gasteiger partial charge in [0.1, 0.15) is 10.8 Å². The first-order valence-corrected chi connectivity index (χ1v) is 12.1. The molecule has 0 bridgehead atoms. The summed E-state index contributed by atoms with van der Waals surface area (Å²) in [6.45, 7) is 10.2. The Balaban J connectivity index is 1.62. The molecule has 2 aromatic rings. The van der Waals surface area contributed by atoms with E-state index in [9.17, 15) is 9.18 Å². The van der Waals surface area contributed by atoms with Crippen molar-refractivity contribution in [3.63, 3.8) is 0 Å². The molecule has 1 fully saturated rings. The third kappa shape index (κ3) is 4.93. The zero-order chi connectivity index (χ0) is 22.9. The topological polar surface area (TPSA) is 51.0 Å². The van der Waals surface area contributed by atoms with E-state index in [1.807, 2.05) is 33.3 Å². The standard InChI is InChI=1S/C25H31FN4OS/c1-17-10-12-29(13-11-17)22(31)14-20-16-32-24(28-20)21-15-27-30(25(2,3)4)23(21)18-6-5-7-19(26)9-8-18/h5,7-9,15-17H,6,10-14H2,1-4H3. The maximum atomic E-state index is 13.8. The molecule has 32 heavy (non-hydrogen) atoms. The van der Waals surface area contributed by atoms with Crippen LogP contribution in [0.5, 0.6) is 0 Å². The van der Waals surface area contributed by atoms with Crippen LogP contribution in [0.1, 0.15) is 58.3 Å². The lowest BCUT2D eigenvalue weighted by atomic mass is 9.99. The van der Waals surface area contributed by atoms with Crippen molar-refractivity contribution in [1.82, 2.24) is 19.7 Å². The molecule has 0 atom stereocenters. The van der Waals surface area contributed by atoms with E-state index in [4.69, 9.17) is 4.98 Å². The fourth-order valence-electron chi connectivity index (χ4n) is 4.14. The average molecular weight is 455 g/mol. The lowest BCUT2D eigenvalue weighted by Crippen LogP contribution is -2.38. The summed E-state index contributed by atoms with van der Waals surface area (Å²) in [5.41, 5.74) is 3.42. The number of amides is 1. The van der Waals surface area contributed by atoms with Gasteiger partial charge in [0, 0.05) is 18.5 Å². The van der Waals surface area contributed by atoms with Crippen molar-refractivity contribution in [2.24, 2.45) is 5.92 Å². The van der Waals surface area contributed by atoms with Gasteiger partial charge in [-0.15, -0.1) is 11.3 Å². The van der Waals surface area contributed by atoms with E-state index in [1.54, 1.807) is 0 Å². The Kier molecular flexibility index (Phi) is 6.47. The van der Waals surface area contributed by atoms with Gasteiger partial charge in [-0.2, -0.15) is 5.10 Å². The zero-order valence-corrected chi connectivity index (χ0v) is 20.1. The molecule has 0 aromatic carbocycles. The van der Waals surface area contributed by atoms with Crippen molar-refractivity contribution >= 4 is 22.8 Å². The summed E-state index contributed by atoms with van der Waals surface area (Å²) in [4.78, 5) is 19.5. The second kappa shape index (κ2) is 9.14. The van der Waals surface area contributed by atoms with Crippen LogP contribution >= 0.6 is 11.3 Å². The number of rotatable bonds is 4. The molecule has 7 heteroatoms. The highest BCUT2D eigenvalue weighted by Gasteiger charge is 2.26. The first-order valence-electron chi connectivity index (χ1n) is 11.3. The Morgan fingerprint density at radius 3 is 2.72 bits per heavy atom. The minimum atomic E-state index is -0.259. The van der Waals surface area contributed by atoms with Gasteiger partial charge in [0.2, 0.25) is 5.91 Å². The highest BCUT2D eigenvalue weighted by atomic mass is 32.1. The highest BCUT2D eigenvalue weighted by Crippen LogP contribution is 2.36. The lowest BCUT2D eigenvalue weighted by Gasteiger charge is -2.30. The molecular formula is C25H31FN4OS. The number of aromatic nitrogens is 3. The number of hydrogen-bond donors (Lipinski definition) is 0. The van der Waals surface area contributed by atoms with Crippen LogP contribution in [0.4, 0.5) is 4.39 Å².